The molecule has 212 valence electrons. The summed E-state index contributed by atoms with van der Waals surface area (Å²) >= 11 is 0. The first-order valence-corrected chi connectivity index (χ1v) is 15.6. The maximum Gasteiger partial charge on any atom is 0.485 e. The Hall–Kier alpha value is -4.10. The fourth-order valence-electron chi connectivity index (χ4n) is 4.98. The number of para-hydroxylation sites is 2. The largest absolute Gasteiger partial charge is 0.741 e. The van der Waals surface area contributed by atoms with Crippen LogP contribution in [0.4, 0.5) is 13.2 Å². The number of benzene rings is 5. The van der Waals surface area contributed by atoms with Gasteiger partial charge in [-0.15, -0.1) is 0 Å². The third kappa shape index (κ3) is 5.93. The summed E-state index contributed by atoms with van der Waals surface area (Å²) in [6.07, 6.45) is 0. The Kier molecular flexibility index (Phi) is 8.41. The summed E-state index contributed by atoms with van der Waals surface area (Å²) in [6.45, 7) is 0. The molecule has 4 nitrogen and oxygen atoms in total. The van der Waals surface area contributed by atoms with E-state index in [4.69, 9.17) is 13.0 Å². The maximum atomic E-state index is 10.7. The summed E-state index contributed by atoms with van der Waals surface area (Å²) in [5.74, 6) is 0. The molecule has 5 aromatic carbocycles. The van der Waals surface area contributed by atoms with Crippen molar-refractivity contribution in [1.82, 2.24) is 0 Å². The third-order valence-corrected chi connectivity index (χ3v) is 9.86. The van der Waals surface area contributed by atoms with E-state index in [9.17, 15) is 13.2 Å². The normalized spacial score (nSPS) is 11.9. The van der Waals surface area contributed by atoms with Gasteiger partial charge in [0.1, 0.15) is 7.05 Å². The van der Waals surface area contributed by atoms with Crippen LogP contribution in [-0.4, -0.2) is 18.5 Å². The standard InChI is InChI=1S/C32H25NP.CHF3O3S/c1-33-29-21-11-8-18-26(29)32(27-19-9-12-22-30(27)33)28-20-10-13-23-31(28)34(24-14-4-2-5-15-24)25-16-6-3-7-17-25;2-1(3,4)8(5,6)7/h2-23H,1H3;(H,5,6,7)/q+1;/p-1. The van der Waals surface area contributed by atoms with Crippen LogP contribution in [-0.2, 0) is 17.2 Å². The number of aromatic nitrogens is 1. The lowest BCUT2D eigenvalue weighted by atomic mass is 9.95. The van der Waals surface area contributed by atoms with Gasteiger partial charge in [0.25, 0.3) is 0 Å². The van der Waals surface area contributed by atoms with Crippen LogP contribution in [0.2, 0.25) is 0 Å². The Morgan fingerprint density at radius 2 is 1.00 bits per heavy atom. The molecule has 1 aromatic heterocycles. The van der Waals surface area contributed by atoms with Crippen molar-refractivity contribution >= 4 is 55.8 Å². The molecule has 0 saturated carbocycles. The number of pyridine rings is 1. The molecule has 0 atom stereocenters. The van der Waals surface area contributed by atoms with Gasteiger partial charge in [-0.2, -0.15) is 17.7 Å². The second-order valence-corrected chi connectivity index (χ2v) is 12.9. The molecule has 0 aliphatic heterocycles. The van der Waals surface area contributed by atoms with Gasteiger partial charge in [0.05, 0.1) is 10.8 Å². The summed E-state index contributed by atoms with van der Waals surface area (Å²) in [6, 6.07) is 48.5. The van der Waals surface area contributed by atoms with Gasteiger partial charge in [-0.3, -0.25) is 0 Å². The summed E-state index contributed by atoms with van der Waals surface area (Å²) in [5, 5.41) is 6.69. The first-order valence-electron chi connectivity index (χ1n) is 12.9. The van der Waals surface area contributed by atoms with E-state index in [-0.39, 0.29) is 0 Å². The van der Waals surface area contributed by atoms with Gasteiger partial charge in [0.2, 0.25) is 11.0 Å². The fourth-order valence-corrected chi connectivity index (χ4v) is 7.44. The highest BCUT2D eigenvalue weighted by molar-refractivity contribution is 7.86. The highest BCUT2D eigenvalue weighted by atomic mass is 32.2. The van der Waals surface area contributed by atoms with Gasteiger partial charge < -0.3 is 4.55 Å². The third-order valence-electron chi connectivity index (χ3n) is 6.80. The molecule has 0 bridgehead atoms. The van der Waals surface area contributed by atoms with E-state index >= 15 is 0 Å². The lowest BCUT2D eigenvalue weighted by Crippen LogP contribution is -2.30. The molecule has 0 radical (unpaired) electrons. The van der Waals surface area contributed by atoms with Crippen molar-refractivity contribution in [3.63, 3.8) is 0 Å². The van der Waals surface area contributed by atoms with E-state index in [0.29, 0.717) is 0 Å². The lowest BCUT2D eigenvalue weighted by molar-refractivity contribution is -0.617. The Morgan fingerprint density at radius 1 is 0.619 bits per heavy atom. The van der Waals surface area contributed by atoms with Gasteiger partial charge in [-0.05, 0) is 41.5 Å². The van der Waals surface area contributed by atoms with Crippen molar-refractivity contribution in [3.05, 3.63) is 133 Å². The van der Waals surface area contributed by atoms with E-state index in [1.807, 2.05) is 0 Å². The number of fused-ring (bicyclic) bond motifs is 2. The van der Waals surface area contributed by atoms with Crippen LogP contribution in [0.5, 0.6) is 0 Å². The summed E-state index contributed by atoms with van der Waals surface area (Å²) in [7, 11) is -4.64. The summed E-state index contributed by atoms with van der Waals surface area (Å²) in [5.41, 5.74) is -0.523. The first kappa shape index (κ1) is 29.4. The monoisotopic (exact) mass is 603 g/mol. The van der Waals surface area contributed by atoms with Crippen LogP contribution in [0.15, 0.2) is 133 Å². The Morgan fingerprint density at radius 3 is 1.45 bits per heavy atom. The smallest absolute Gasteiger partial charge is 0.485 e. The van der Waals surface area contributed by atoms with E-state index in [1.54, 1.807) is 0 Å². The first-order chi connectivity index (χ1) is 20.1. The molecular formula is C33H25F3NO3PS. The van der Waals surface area contributed by atoms with Crippen LogP contribution >= 0.6 is 7.92 Å². The molecule has 6 aromatic rings. The van der Waals surface area contributed by atoms with Crippen molar-refractivity contribution < 1.29 is 30.7 Å². The topological polar surface area (TPSA) is 61.1 Å². The maximum absolute atomic E-state index is 10.7. The highest BCUT2D eigenvalue weighted by Crippen LogP contribution is 2.40. The number of hydrogen-bond donors (Lipinski definition) is 0. The van der Waals surface area contributed by atoms with Crippen molar-refractivity contribution in [2.24, 2.45) is 7.05 Å². The molecule has 0 aliphatic carbocycles. The summed E-state index contributed by atoms with van der Waals surface area (Å²) in [4.78, 5) is 0. The van der Waals surface area contributed by atoms with Gasteiger partial charge in [0.15, 0.2) is 10.1 Å². The second kappa shape index (κ2) is 12.0. The van der Waals surface area contributed by atoms with Crippen LogP contribution in [0.1, 0.15) is 0 Å². The van der Waals surface area contributed by atoms with Crippen molar-refractivity contribution in [2.75, 3.05) is 0 Å². The van der Waals surface area contributed by atoms with E-state index in [0.717, 1.165) is 0 Å². The van der Waals surface area contributed by atoms with Crippen molar-refractivity contribution in [2.45, 2.75) is 5.51 Å². The SMILES string of the molecule is C[n+]1c2ccccc2c(-c2ccccc2P(c2ccccc2)c2ccccc2)c2ccccc21.O=S(=O)([O-])C(F)(F)F. The molecular weight excluding hydrogens is 578 g/mol. The number of nitrogens with zero attached hydrogens (tertiary/aromatic N) is 1. The Labute approximate surface area is 243 Å². The van der Waals surface area contributed by atoms with Crippen LogP contribution in [0.3, 0.4) is 0 Å². The minimum atomic E-state index is -6.09. The Bertz CT molecular complexity index is 1870. The zero-order valence-electron chi connectivity index (χ0n) is 22.4. The van der Waals surface area contributed by atoms with Crippen molar-refractivity contribution in [3.8, 4) is 11.1 Å². The van der Waals surface area contributed by atoms with E-state index in [1.165, 1.54) is 48.8 Å². The number of aryl methyl sites for hydroxylation is 1. The van der Waals surface area contributed by atoms with Crippen LogP contribution in [0, 0.1) is 0 Å². The minimum absolute atomic E-state index is 0.716. The predicted molar refractivity (Wildman–Crippen MR) is 163 cm³/mol. The number of hydrogen-bond acceptors (Lipinski definition) is 3. The zero-order valence-corrected chi connectivity index (χ0v) is 24.1. The Balaban J connectivity index is 0.000000390. The predicted octanol–water partition coefficient (Wildman–Crippen LogP) is 6.29. The minimum Gasteiger partial charge on any atom is -0.741 e. The molecule has 0 amide bonds. The van der Waals surface area contributed by atoms with E-state index in [2.05, 4.69) is 145 Å². The average Bonchev–Trinajstić information content (AvgIpc) is 2.99. The molecule has 0 unspecified atom stereocenters. The van der Waals surface area contributed by atoms with Crippen LogP contribution in [0.25, 0.3) is 32.9 Å². The fraction of sp³-hybridized carbons (Fsp3) is 0.0606. The molecule has 0 fully saturated rings. The number of rotatable bonds is 4. The molecule has 0 aliphatic rings. The second-order valence-electron chi connectivity index (χ2n) is 9.39. The zero-order chi connectivity index (χ0) is 29.9. The quantitative estimate of drug-likeness (QED) is 0.0782. The molecule has 0 spiro atoms. The van der Waals surface area contributed by atoms with Crippen molar-refractivity contribution in [1.29, 1.82) is 0 Å². The van der Waals surface area contributed by atoms with E-state index < -0.39 is 23.5 Å². The lowest BCUT2D eigenvalue weighted by Gasteiger charge is -2.23. The van der Waals surface area contributed by atoms with Gasteiger partial charge in [-0.1, -0.05) is 109 Å². The molecule has 0 saturated heterocycles. The average molecular weight is 604 g/mol. The van der Waals surface area contributed by atoms with Crippen LogP contribution < -0.4 is 20.5 Å². The molecule has 0 N–H and O–H groups in total. The van der Waals surface area contributed by atoms with Gasteiger partial charge in [-0.25, -0.2) is 8.42 Å². The van der Waals surface area contributed by atoms with Gasteiger partial charge >= 0.3 is 5.51 Å². The van der Waals surface area contributed by atoms with Gasteiger partial charge in [0, 0.05) is 17.7 Å². The highest BCUT2D eigenvalue weighted by Gasteiger charge is 2.37. The molecule has 6 rings (SSSR count). The number of alkyl halides is 3. The molecule has 1 heterocycles. The molecule has 42 heavy (non-hydrogen) atoms. The summed E-state index contributed by atoms with van der Waals surface area (Å²) < 4.78 is 61.2. The number of halogens is 3. The molecule has 9 heteroatoms.